The molecule has 2 aromatic carbocycles. The molecule has 10 heteroatoms. The predicted molar refractivity (Wildman–Crippen MR) is 145 cm³/mol. The molecule has 0 saturated carbocycles. The molecule has 3 aliphatic rings. The Morgan fingerprint density at radius 2 is 1.95 bits per heavy atom. The summed E-state index contributed by atoms with van der Waals surface area (Å²) in [7, 11) is 1.62. The van der Waals surface area contributed by atoms with E-state index in [1.165, 1.54) is 0 Å². The van der Waals surface area contributed by atoms with E-state index in [0.717, 1.165) is 35.7 Å². The first-order valence-electron chi connectivity index (χ1n) is 13.3. The van der Waals surface area contributed by atoms with E-state index in [1.54, 1.807) is 18.1 Å². The molecule has 1 N–H and O–H groups in total. The van der Waals surface area contributed by atoms with Gasteiger partial charge in [0.1, 0.15) is 12.4 Å². The van der Waals surface area contributed by atoms with Gasteiger partial charge in [-0.2, -0.15) is 0 Å². The van der Waals surface area contributed by atoms with Crippen molar-refractivity contribution < 1.29 is 28.5 Å². The first-order chi connectivity index (χ1) is 19.1. The lowest BCUT2D eigenvalue weighted by Gasteiger charge is -2.32. The van der Waals surface area contributed by atoms with Crippen LogP contribution in [0, 0.1) is 0 Å². The van der Waals surface area contributed by atoms with Crippen molar-refractivity contribution in [3.8, 4) is 17.2 Å². The van der Waals surface area contributed by atoms with E-state index in [0.29, 0.717) is 44.9 Å². The van der Waals surface area contributed by atoms with Gasteiger partial charge in [0.15, 0.2) is 11.5 Å². The lowest BCUT2D eigenvalue weighted by atomic mass is 10.1. The average Bonchev–Trinajstić information content (AvgIpc) is 3.61. The SMILES string of the molecule is C=CCOC(=O)N(Cc1cccc(OC)c1)[C@H]1C[C@@H](C(=O)N2CCNCC2)N(Cc2ccc3c(c2)OCO3)C1. The number of amides is 2. The van der Waals surface area contributed by atoms with E-state index in [-0.39, 0.29) is 31.4 Å². The maximum absolute atomic E-state index is 13.8. The van der Waals surface area contributed by atoms with Gasteiger partial charge in [-0.1, -0.05) is 30.9 Å². The Kier molecular flexibility index (Phi) is 8.53. The molecule has 39 heavy (non-hydrogen) atoms. The highest BCUT2D eigenvalue weighted by molar-refractivity contribution is 5.82. The average molecular weight is 537 g/mol. The van der Waals surface area contributed by atoms with Crippen LogP contribution in [0.5, 0.6) is 17.2 Å². The third-order valence-corrected chi connectivity index (χ3v) is 7.40. The fraction of sp³-hybridized carbons (Fsp3) is 0.448. The standard InChI is InChI=1S/C29H36N4O6/c1-3-13-37-29(35)33(18-21-5-4-6-24(14-21)36-2)23-16-25(28(34)31-11-9-30-10-12-31)32(19-23)17-22-7-8-26-27(15-22)39-20-38-26/h3-8,14-15,23,25,30H,1,9-13,16-20H2,2H3/t23-,25-/m0/s1. The lowest BCUT2D eigenvalue weighted by molar-refractivity contribution is -0.136. The van der Waals surface area contributed by atoms with E-state index >= 15 is 0 Å². The molecule has 2 amide bonds. The van der Waals surface area contributed by atoms with Gasteiger partial charge in [0.2, 0.25) is 12.7 Å². The van der Waals surface area contributed by atoms with E-state index < -0.39 is 6.09 Å². The van der Waals surface area contributed by atoms with Gasteiger partial charge in [0.25, 0.3) is 0 Å². The zero-order chi connectivity index (χ0) is 27.2. The molecule has 2 fully saturated rings. The zero-order valence-electron chi connectivity index (χ0n) is 22.3. The Morgan fingerprint density at radius 1 is 1.13 bits per heavy atom. The van der Waals surface area contributed by atoms with E-state index in [2.05, 4.69) is 16.8 Å². The van der Waals surface area contributed by atoms with Crippen LogP contribution >= 0.6 is 0 Å². The van der Waals surface area contributed by atoms with Gasteiger partial charge < -0.3 is 29.2 Å². The Labute approximate surface area is 229 Å². The molecule has 3 aliphatic heterocycles. The van der Waals surface area contributed by atoms with Crippen molar-refractivity contribution in [2.75, 3.05) is 53.2 Å². The predicted octanol–water partition coefficient (Wildman–Crippen LogP) is 2.62. The summed E-state index contributed by atoms with van der Waals surface area (Å²) in [6.45, 7) is 8.31. The fourth-order valence-corrected chi connectivity index (χ4v) is 5.43. The van der Waals surface area contributed by atoms with Gasteiger partial charge in [0, 0.05) is 45.8 Å². The van der Waals surface area contributed by atoms with Gasteiger partial charge >= 0.3 is 6.09 Å². The molecule has 0 bridgehead atoms. The van der Waals surface area contributed by atoms with Crippen molar-refractivity contribution >= 4 is 12.0 Å². The van der Waals surface area contributed by atoms with Crippen LogP contribution in [0.25, 0.3) is 0 Å². The minimum atomic E-state index is -0.430. The first kappa shape index (κ1) is 26.8. The van der Waals surface area contributed by atoms with Crippen LogP contribution in [-0.2, 0) is 22.6 Å². The highest BCUT2D eigenvalue weighted by atomic mass is 16.7. The number of rotatable bonds is 9. The van der Waals surface area contributed by atoms with Crippen LogP contribution in [0.15, 0.2) is 55.1 Å². The van der Waals surface area contributed by atoms with Crippen molar-refractivity contribution in [3.05, 3.63) is 66.2 Å². The third-order valence-electron chi connectivity index (χ3n) is 7.40. The molecule has 0 radical (unpaired) electrons. The van der Waals surface area contributed by atoms with Crippen LogP contribution in [0.1, 0.15) is 17.5 Å². The maximum Gasteiger partial charge on any atom is 0.410 e. The number of methoxy groups -OCH3 is 1. The largest absolute Gasteiger partial charge is 0.497 e. The van der Waals surface area contributed by atoms with Gasteiger partial charge in [-0.05, 0) is 41.8 Å². The quantitative estimate of drug-likeness (QED) is 0.489. The van der Waals surface area contributed by atoms with Crippen LogP contribution < -0.4 is 19.5 Å². The number of ether oxygens (including phenoxy) is 4. The second kappa shape index (κ2) is 12.4. The molecule has 2 atom stereocenters. The third kappa shape index (κ3) is 6.29. The molecule has 0 aliphatic carbocycles. The summed E-state index contributed by atoms with van der Waals surface area (Å²) in [4.78, 5) is 32.9. The second-order valence-corrected chi connectivity index (χ2v) is 9.94. The lowest BCUT2D eigenvalue weighted by Crippen LogP contribution is -2.52. The number of hydrogen-bond donors (Lipinski definition) is 1. The second-order valence-electron chi connectivity index (χ2n) is 9.94. The molecule has 2 aromatic rings. The topological polar surface area (TPSA) is 92.8 Å². The minimum Gasteiger partial charge on any atom is -0.497 e. The number of carbonyl (C=O) groups excluding carboxylic acids is 2. The number of nitrogens with zero attached hydrogens (tertiary/aromatic N) is 3. The normalized spacial score (nSPS) is 20.5. The number of carbonyl (C=O) groups is 2. The van der Waals surface area contributed by atoms with Crippen LogP contribution in [0.2, 0.25) is 0 Å². The number of piperazine rings is 1. The zero-order valence-corrected chi connectivity index (χ0v) is 22.3. The van der Waals surface area contributed by atoms with E-state index in [4.69, 9.17) is 18.9 Å². The number of hydrogen-bond acceptors (Lipinski definition) is 8. The number of likely N-dealkylation sites (tertiary alicyclic amines) is 1. The molecular weight excluding hydrogens is 500 g/mol. The summed E-state index contributed by atoms with van der Waals surface area (Å²) in [5.74, 6) is 2.25. The molecule has 5 rings (SSSR count). The summed E-state index contributed by atoms with van der Waals surface area (Å²) >= 11 is 0. The Bertz CT molecular complexity index is 1180. The molecule has 3 heterocycles. The van der Waals surface area contributed by atoms with Crippen LogP contribution in [-0.4, -0.2) is 92.0 Å². The summed E-state index contributed by atoms with van der Waals surface area (Å²) in [5.41, 5.74) is 1.94. The number of nitrogens with one attached hydrogen (secondary N) is 1. The monoisotopic (exact) mass is 536 g/mol. The van der Waals surface area contributed by atoms with E-state index in [9.17, 15) is 9.59 Å². The van der Waals surface area contributed by atoms with Gasteiger partial charge in [-0.15, -0.1) is 0 Å². The molecule has 10 nitrogen and oxygen atoms in total. The summed E-state index contributed by atoms with van der Waals surface area (Å²) in [6.07, 6.45) is 1.64. The molecule has 0 spiro atoms. The molecular formula is C29H36N4O6. The summed E-state index contributed by atoms with van der Waals surface area (Å²) in [5, 5.41) is 3.31. The Balaban J connectivity index is 1.40. The van der Waals surface area contributed by atoms with Crippen molar-refractivity contribution in [1.82, 2.24) is 20.0 Å². The molecule has 208 valence electrons. The number of benzene rings is 2. The van der Waals surface area contributed by atoms with Crippen LogP contribution in [0.4, 0.5) is 4.79 Å². The van der Waals surface area contributed by atoms with Crippen molar-refractivity contribution in [1.29, 1.82) is 0 Å². The smallest absolute Gasteiger partial charge is 0.410 e. The number of fused-ring (bicyclic) bond motifs is 1. The first-order valence-corrected chi connectivity index (χ1v) is 13.3. The van der Waals surface area contributed by atoms with Crippen molar-refractivity contribution in [2.24, 2.45) is 0 Å². The highest BCUT2D eigenvalue weighted by Crippen LogP contribution is 2.34. The highest BCUT2D eigenvalue weighted by Gasteiger charge is 2.43. The van der Waals surface area contributed by atoms with Crippen molar-refractivity contribution in [2.45, 2.75) is 31.6 Å². The maximum atomic E-state index is 13.8. The summed E-state index contributed by atoms with van der Waals surface area (Å²) in [6, 6.07) is 12.9. The molecule has 2 saturated heterocycles. The van der Waals surface area contributed by atoms with E-state index in [1.807, 2.05) is 47.4 Å². The Morgan fingerprint density at radius 3 is 2.74 bits per heavy atom. The fourth-order valence-electron chi connectivity index (χ4n) is 5.43. The van der Waals surface area contributed by atoms with Crippen LogP contribution in [0.3, 0.4) is 0 Å². The Hall–Kier alpha value is -3.76. The van der Waals surface area contributed by atoms with Gasteiger partial charge in [0.05, 0.1) is 19.2 Å². The molecule has 0 aromatic heterocycles. The molecule has 0 unspecified atom stereocenters. The van der Waals surface area contributed by atoms with Crippen molar-refractivity contribution in [3.63, 3.8) is 0 Å². The minimum absolute atomic E-state index is 0.0977. The van der Waals surface area contributed by atoms with Gasteiger partial charge in [-0.3, -0.25) is 14.6 Å². The van der Waals surface area contributed by atoms with Gasteiger partial charge in [-0.25, -0.2) is 4.79 Å². The summed E-state index contributed by atoms with van der Waals surface area (Å²) < 4.78 is 21.9.